The smallest absolute Gasteiger partial charge is 0.306 e. The van der Waals surface area contributed by atoms with Gasteiger partial charge in [-0.2, -0.15) is 0 Å². The van der Waals surface area contributed by atoms with E-state index in [0.29, 0.717) is 12.8 Å². The Morgan fingerprint density at radius 3 is 0.747 bits per heavy atom. The molecule has 1 unspecified atom stereocenters. The molecule has 0 saturated carbocycles. The van der Waals surface area contributed by atoms with Gasteiger partial charge in [0.25, 0.3) is 0 Å². The van der Waals surface area contributed by atoms with Crippen LogP contribution in [0.2, 0.25) is 0 Å². The molecule has 0 N–H and O–H groups in total. The van der Waals surface area contributed by atoms with E-state index in [1.54, 1.807) is 0 Å². The zero-order chi connectivity index (χ0) is 59.9. The number of allylic oxidation sites excluding steroid dienone is 16. The number of hydrogen-bond acceptors (Lipinski definition) is 6. The summed E-state index contributed by atoms with van der Waals surface area (Å²) in [6, 6.07) is 0. The van der Waals surface area contributed by atoms with E-state index < -0.39 is 6.10 Å². The van der Waals surface area contributed by atoms with Gasteiger partial charge in [0.2, 0.25) is 0 Å². The van der Waals surface area contributed by atoms with E-state index >= 15 is 0 Å². The van der Waals surface area contributed by atoms with Crippen molar-refractivity contribution in [3.8, 4) is 0 Å². The van der Waals surface area contributed by atoms with Gasteiger partial charge in [-0.15, -0.1) is 0 Å². The van der Waals surface area contributed by atoms with Crippen molar-refractivity contribution in [1.29, 1.82) is 0 Å². The van der Waals surface area contributed by atoms with E-state index in [-0.39, 0.29) is 37.5 Å². The van der Waals surface area contributed by atoms with Gasteiger partial charge in [-0.1, -0.05) is 336 Å². The SMILES string of the molecule is CC/C=C\C/C=C\C/C=C\C/C=C\C/C=C\CCCCCC(=O)OC(COC(=O)CCCCCCCCC/C=C\C/C=C\C/C=C\CC)COC(=O)CCCCCCCCCCCCCCCCCCCCCCCCCCCCCCC. The number of esters is 3. The van der Waals surface area contributed by atoms with Crippen LogP contribution in [0.3, 0.4) is 0 Å². The molecule has 0 rings (SSSR count). The van der Waals surface area contributed by atoms with Crippen LogP contribution in [0.25, 0.3) is 0 Å². The molecular formula is C77H134O6. The van der Waals surface area contributed by atoms with Crippen molar-refractivity contribution in [2.24, 2.45) is 0 Å². The van der Waals surface area contributed by atoms with Crippen molar-refractivity contribution in [2.75, 3.05) is 13.2 Å². The summed E-state index contributed by atoms with van der Waals surface area (Å²) in [7, 11) is 0. The van der Waals surface area contributed by atoms with Crippen LogP contribution < -0.4 is 0 Å². The zero-order valence-electron chi connectivity index (χ0n) is 54.9. The number of carbonyl (C=O) groups excluding carboxylic acids is 3. The third-order valence-corrected chi connectivity index (χ3v) is 15.6. The summed E-state index contributed by atoms with van der Waals surface area (Å²) < 4.78 is 17.0. The molecule has 6 heteroatoms. The number of rotatable bonds is 65. The molecule has 0 aromatic heterocycles. The van der Waals surface area contributed by atoms with Gasteiger partial charge in [-0.25, -0.2) is 0 Å². The predicted octanol–water partition coefficient (Wildman–Crippen LogP) is 24.8. The molecule has 0 fully saturated rings. The van der Waals surface area contributed by atoms with Gasteiger partial charge in [0.1, 0.15) is 13.2 Å². The van der Waals surface area contributed by atoms with Crippen molar-refractivity contribution in [3.63, 3.8) is 0 Å². The van der Waals surface area contributed by atoms with Crippen molar-refractivity contribution in [3.05, 3.63) is 97.2 Å². The molecule has 1 atom stereocenters. The normalized spacial score (nSPS) is 12.7. The highest BCUT2D eigenvalue weighted by Gasteiger charge is 2.19. The summed E-state index contributed by atoms with van der Waals surface area (Å²) in [5.41, 5.74) is 0. The third kappa shape index (κ3) is 69.0. The van der Waals surface area contributed by atoms with Crippen molar-refractivity contribution in [2.45, 2.75) is 361 Å². The molecule has 0 radical (unpaired) electrons. The first-order chi connectivity index (χ1) is 41.0. The van der Waals surface area contributed by atoms with Gasteiger partial charge in [-0.05, 0) is 96.3 Å². The lowest BCUT2D eigenvalue weighted by Crippen LogP contribution is -2.30. The van der Waals surface area contributed by atoms with Crippen molar-refractivity contribution < 1.29 is 28.6 Å². The minimum absolute atomic E-state index is 0.0920. The first-order valence-electron chi connectivity index (χ1n) is 35.7. The topological polar surface area (TPSA) is 78.9 Å². The Morgan fingerprint density at radius 2 is 0.470 bits per heavy atom. The summed E-state index contributed by atoms with van der Waals surface area (Å²) in [6.07, 6.45) is 95.9. The van der Waals surface area contributed by atoms with E-state index in [0.717, 1.165) is 122 Å². The van der Waals surface area contributed by atoms with Crippen molar-refractivity contribution in [1.82, 2.24) is 0 Å². The Balaban J connectivity index is 4.30. The molecule has 0 amide bonds. The van der Waals surface area contributed by atoms with Crippen LogP contribution in [-0.4, -0.2) is 37.2 Å². The quantitative estimate of drug-likeness (QED) is 0.0261. The van der Waals surface area contributed by atoms with Crippen LogP contribution in [0.15, 0.2) is 97.2 Å². The molecule has 478 valence electrons. The van der Waals surface area contributed by atoms with Gasteiger partial charge in [0.15, 0.2) is 6.10 Å². The fraction of sp³-hybridized carbons (Fsp3) is 0.753. The van der Waals surface area contributed by atoms with E-state index in [9.17, 15) is 14.4 Å². The Morgan fingerprint density at radius 1 is 0.253 bits per heavy atom. The first-order valence-corrected chi connectivity index (χ1v) is 35.7. The lowest BCUT2D eigenvalue weighted by Gasteiger charge is -2.18. The largest absolute Gasteiger partial charge is 0.462 e. The first kappa shape index (κ1) is 79.3. The Kier molecular flexibility index (Phi) is 67.7. The minimum atomic E-state index is -0.801. The average molecular weight is 1160 g/mol. The second-order valence-corrected chi connectivity index (χ2v) is 23.7. The zero-order valence-corrected chi connectivity index (χ0v) is 54.9. The van der Waals surface area contributed by atoms with Gasteiger partial charge >= 0.3 is 17.9 Å². The molecule has 0 bridgehead atoms. The molecule has 0 aliphatic heterocycles. The molecule has 0 aromatic carbocycles. The summed E-state index contributed by atoms with van der Waals surface area (Å²) in [4.78, 5) is 38.5. The fourth-order valence-electron chi connectivity index (χ4n) is 10.3. The number of hydrogen-bond donors (Lipinski definition) is 0. The van der Waals surface area contributed by atoms with E-state index in [1.807, 2.05) is 0 Å². The number of ether oxygens (including phenoxy) is 3. The molecule has 0 heterocycles. The monoisotopic (exact) mass is 1160 g/mol. The third-order valence-electron chi connectivity index (χ3n) is 15.6. The number of carbonyl (C=O) groups is 3. The van der Waals surface area contributed by atoms with Crippen molar-refractivity contribution >= 4 is 17.9 Å². The van der Waals surface area contributed by atoms with E-state index in [4.69, 9.17) is 14.2 Å². The lowest BCUT2D eigenvalue weighted by atomic mass is 10.0. The summed E-state index contributed by atoms with van der Waals surface area (Å²) in [5, 5.41) is 0. The lowest BCUT2D eigenvalue weighted by molar-refractivity contribution is -0.167. The highest BCUT2D eigenvalue weighted by molar-refractivity contribution is 5.71. The summed E-state index contributed by atoms with van der Waals surface area (Å²) in [6.45, 7) is 6.43. The molecule has 83 heavy (non-hydrogen) atoms. The average Bonchev–Trinajstić information content (AvgIpc) is 3.49. The molecule has 6 nitrogen and oxygen atoms in total. The predicted molar refractivity (Wildman–Crippen MR) is 362 cm³/mol. The van der Waals surface area contributed by atoms with E-state index in [1.165, 1.54) is 193 Å². The molecule has 0 aliphatic carbocycles. The standard InChI is InChI=1S/C77H134O6/c1-4-7-10-13-16-19-22-25-28-31-33-34-35-36-37-38-39-40-41-42-44-46-49-52-55-58-61-64-67-70-76(79)82-73-74(72-81-75(78)69-66-63-60-57-54-51-48-45-30-27-24-21-18-15-12-9-6-3)83-77(80)71-68-65-62-59-56-53-50-47-43-32-29-26-23-20-17-14-11-8-5-2/h8-9,11-12,17-18,20-21,26-27,29-30,43,47,53,56,74H,4-7,10,13-16,19,22-25,28,31-42,44-46,48-52,54-55,57-73H2,1-3H3/b11-8-,12-9-,20-17-,21-18-,29-26-,30-27-,47-43-,56-53-. The van der Waals surface area contributed by atoms with Crippen LogP contribution in [0.4, 0.5) is 0 Å². The second-order valence-electron chi connectivity index (χ2n) is 23.7. The molecule has 0 spiro atoms. The summed E-state index contributed by atoms with van der Waals surface area (Å²) >= 11 is 0. The maximum Gasteiger partial charge on any atom is 0.306 e. The molecule has 0 aromatic rings. The maximum absolute atomic E-state index is 12.9. The number of unbranched alkanes of at least 4 members (excludes halogenated alkanes) is 38. The Hall–Kier alpha value is -3.67. The highest BCUT2D eigenvalue weighted by Crippen LogP contribution is 2.18. The minimum Gasteiger partial charge on any atom is -0.462 e. The molecular weight excluding hydrogens is 1020 g/mol. The van der Waals surface area contributed by atoms with Crippen LogP contribution in [0.1, 0.15) is 355 Å². The van der Waals surface area contributed by atoms with Crippen LogP contribution in [0, 0.1) is 0 Å². The van der Waals surface area contributed by atoms with Crippen LogP contribution in [0.5, 0.6) is 0 Å². The van der Waals surface area contributed by atoms with Gasteiger partial charge in [-0.3, -0.25) is 14.4 Å². The molecule has 0 saturated heterocycles. The second kappa shape index (κ2) is 70.8. The maximum atomic E-state index is 12.9. The molecule has 0 aliphatic rings. The van der Waals surface area contributed by atoms with Crippen LogP contribution >= 0.6 is 0 Å². The Labute approximate surface area is 515 Å². The highest BCUT2D eigenvalue weighted by atomic mass is 16.6. The van der Waals surface area contributed by atoms with Gasteiger partial charge in [0.05, 0.1) is 0 Å². The van der Waals surface area contributed by atoms with Gasteiger partial charge in [0, 0.05) is 19.3 Å². The summed E-state index contributed by atoms with van der Waals surface area (Å²) in [5.74, 6) is -0.919. The van der Waals surface area contributed by atoms with Crippen LogP contribution in [-0.2, 0) is 28.6 Å². The van der Waals surface area contributed by atoms with E-state index in [2.05, 4.69) is 118 Å². The van der Waals surface area contributed by atoms with Gasteiger partial charge < -0.3 is 14.2 Å². The fourth-order valence-corrected chi connectivity index (χ4v) is 10.3. The Bertz CT molecular complexity index is 1610.